The smallest absolute Gasteiger partial charge is 0.338 e. The summed E-state index contributed by atoms with van der Waals surface area (Å²) in [6.45, 7) is 2.79. The van der Waals surface area contributed by atoms with Gasteiger partial charge in [-0.3, -0.25) is 10.2 Å². The van der Waals surface area contributed by atoms with Gasteiger partial charge in [-0.25, -0.2) is 14.0 Å². The first-order valence-electron chi connectivity index (χ1n) is 16.6. The van der Waals surface area contributed by atoms with Crippen LogP contribution in [0.3, 0.4) is 0 Å². The van der Waals surface area contributed by atoms with Gasteiger partial charge in [0.2, 0.25) is 0 Å². The number of benzene rings is 3. The van der Waals surface area contributed by atoms with E-state index in [0.29, 0.717) is 45.4 Å². The molecule has 3 aliphatic rings. The molecule has 3 saturated heterocycles. The van der Waals surface area contributed by atoms with Gasteiger partial charge in [-0.2, -0.15) is 4.73 Å². The van der Waals surface area contributed by atoms with Crippen LogP contribution in [0.5, 0.6) is 11.5 Å². The normalized spacial score (nSPS) is 19.2. The molecule has 0 saturated carbocycles. The van der Waals surface area contributed by atoms with Crippen molar-refractivity contribution in [3.8, 4) is 11.5 Å². The zero-order valence-electron chi connectivity index (χ0n) is 28.2. The molecule has 2 unspecified atom stereocenters. The molecular formula is C38H38Cl2FN3O7. The summed E-state index contributed by atoms with van der Waals surface area (Å²) < 4.78 is 38.4. The van der Waals surface area contributed by atoms with Gasteiger partial charge in [0.05, 0.1) is 19.8 Å². The Bertz CT molecular complexity index is 1870. The zero-order chi connectivity index (χ0) is 36.1. The SMILES string of the molecule is COc1ccc(C(Cc2c(Cl)c[n+]([O-])cc2Cl)OC(=O)c2cccc(CNC(C(=O)O[C@H]3CN4CCC3CC4)c3ccccc3F)c2)cc1OC. The molecule has 3 atom stereocenters. The number of rotatable bonds is 13. The summed E-state index contributed by atoms with van der Waals surface area (Å²) in [5.74, 6) is -0.524. The van der Waals surface area contributed by atoms with Crippen molar-refractivity contribution in [2.45, 2.75) is 44.1 Å². The molecule has 0 amide bonds. The Labute approximate surface area is 305 Å². The van der Waals surface area contributed by atoms with Crippen LogP contribution in [0.25, 0.3) is 0 Å². The summed E-state index contributed by atoms with van der Waals surface area (Å²) in [4.78, 5) is 29.6. The maximum Gasteiger partial charge on any atom is 0.338 e. The third kappa shape index (κ3) is 8.56. The Morgan fingerprint density at radius 2 is 1.71 bits per heavy atom. The molecule has 3 aliphatic heterocycles. The average molecular weight is 739 g/mol. The van der Waals surface area contributed by atoms with Crippen molar-refractivity contribution < 1.29 is 37.7 Å². The fraction of sp³-hybridized carbons (Fsp3) is 0.342. The summed E-state index contributed by atoms with van der Waals surface area (Å²) in [5.41, 5.74) is 2.05. The lowest BCUT2D eigenvalue weighted by Crippen LogP contribution is -2.52. The molecule has 51 heavy (non-hydrogen) atoms. The Kier molecular flexibility index (Phi) is 11.6. The highest BCUT2D eigenvalue weighted by Gasteiger charge is 2.38. The van der Waals surface area contributed by atoms with Crippen LogP contribution in [0.4, 0.5) is 4.39 Å². The minimum atomic E-state index is -1.07. The van der Waals surface area contributed by atoms with Crippen molar-refractivity contribution >= 4 is 35.1 Å². The number of aromatic nitrogens is 1. The predicted molar refractivity (Wildman–Crippen MR) is 188 cm³/mol. The molecule has 13 heteroatoms. The molecule has 10 nitrogen and oxygen atoms in total. The lowest BCUT2D eigenvalue weighted by molar-refractivity contribution is -0.605. The molecule has 3 aromatic carbocycles. The summed E-state index contributed by atoms with van der Waals surface area (Å²) in [5, 5.41) is 15.3. The van der Waals surface area contributed by atoms with E-state index < -0.39 is 29.9 Å². The molecule has 1 aromatic heterocycles. The molecule has 268 valence electrons. The highest BCUT2D eigenvalue weighted by atomic mass is 35.5. The van der Waals surface area contributed by atoms with E-state index in [1.807, 2.05) is 0 Å². The number of fused-ring (bicyclic) bond motifs is 3. The van der Waals surface area contributed by atoms with E-state index in [9.17, 15) is 14.8 Å². The first-order chi connectivity index (χ1) is 24.6. The maximum absolute atomic E-state index is 15.0. The highest BCUT2D eigenvalue weighted by Crippen LogP contribution is 2.36. The first-order valence-corrected chi connectivity index (χ1v) is 17.4. The molecular weight excluding hydrogens is 700 g/mol. The van der Waals surface area contributed by atoms with Gasteiger partial charge in [-0.05, 0) is 73.3 Å². The number of methoxy groups -OCH3 is 2. The number of pyridine rings is 1. The van der Waals surface area contributed by atoms with E-state index in [1.54, 1.807) is 60.7 Å². The first kappa shape index (κ1) is 36.4. The number of esters is 2. The predicted octanol–water partition coefficient (Wildman–Crippen LogP) is 6.39. The Hall–Kier alpha value is -4.42. The number of nitrogens with one attached hydrogen (secondary N) is 1. The van der Waals surface area contributed by atoms with Gasteiger partial charge in [0, 0.05) is 30.6 Å². The molecule has 7 rings (SSSR count). The third-order valence-electron chi connectivity index (χ3n) is 9.46. The Morgan fingerprint density at radius 3 is 2.37 bits per heavy atom. The molecule has 0 spiro atoms. The van der Waals surface area contributed by atoms with Crippen molar-refractivity contribution in [3.05, 3.63) is 128 Å². The minimum absolute atomic E-state index is 0.0486. The van der Waals surface area contributed by atoms with Crippen molar-refractivity contribution in [2.24, 2.45) is 5.92 Å². The van der Waals surface area contributed by atoms with Crippen LogP contribution in [0, 0.1) is 16.9 Å². The highest BCUT2D eigenvalue weighted by molar-refractivity contribution is 6.35. The number of nitrogens with zero attached hydrogens (tertiary/aromatic N) is 2. The van der Waals surface area contributed by atoms with Crippen molar-refractivity contribution in [1.29, 1.82) is 0 Å². The lowest BCUT2D eigenvalue weighted by atomic mass is 9.86. The molecule has 2 bridgehead atoms. The number of hydrogen-bond donors (Lipinski definition) is 1. The zero-order valence-corrected chi connectivity index (χ0v) is 29.7. The average Bonchev–Trinajstić information content (AvgIpc) is 3.13. The molecule has 4 aromatic rings. The second kappa shape index (κ2) is 16.3. The standard InChI is InChI=1S/C38H38Cl2FN3O7/c1-48-32-11-10-25(17-34(32)49-2)33(18-28-29(39)20-44(47)21-30(28)40)50-37(45)26-7-5-6-23(16-26)19-42-36(27-8-3-4-9-31(27)41)38(46)51-35-22-43-14-12-24(35)13-15-43/h3-11,16-17,20-21,24,33,35-36,42H,12-15,18-19,22H2,1-2H3/t33?,35-,36?/m0/s1. The van der Waals surface area contributed by atoms with Gasteiger partial charge in [-0.15, -0.1) is 0 Å². The van der Waals surface area contributed by atoms with E-state index in [0.717, 1.165) is 25.9 Å². The van der Waals surface area contributed by atoms with E-state index in [-0.39, 0.29) is 40.2 Å². The maximum atomic E-state index is 15.0. The van der Waals surface area contributed by atoms with Gasteiger partial charge in [-0.1, -0.05) is 59.6 Å². The van der Waals surface area contributed by atoms with Gasteiger partial charge >= 0.3 is 11.9 Å². The second-order valence-electron chi connectivity index (χ2n) is 12.7. The third-order valence-corrected chi connectivity index (χ3v) is 10.1. The molecule has 0 radical (unpaired) electrons. The van der Waals surface area contributed by atoms with Crippen LogP contribution < -0.4 is 19.5 Å². The van der Waals surface area contributed by atoms with Gasteiger partial charge in [0.1, 0.15) is 34.1 Å². The van der Waals surface area contributed by atoms with Crippen LogP contribution in [-0.2, 0) is 27.2 Å². The van der Waals surface area contributed by atoms with Crippen LogP contribution in [-0.4, -0.2) is 56.8 Å². The Morgan fingerprint density at radius 1 is 0.980 bits per heavy atom. The van der Waals surface area contributed by atoms with Gasteiger partial charge in [0.15, 0.2) is 23.9 Å². The minimum Gasteiger partial charge on any atom is -0.619 e. The number of piperidine rings is 3. The number of carbonyl (C=O) groups excluding carboxylic acids is 2. The van der Waals surface area contributed by atoms with Crippen LogP contribution in [0.1, 0.15) is 57.6 Å². The van der Waals surface area contributed by atoms with Crippen molar-refractivity contribution in [3.63, 3.8) is 0 Å². The van der Waals surface area contributed by atoms with Crippen LogP contribution >= 0.6 is 23.2 Å². The van der Waals surface area contributed by atoms with Gasteiger partial charge in [0.25, 0.3) is 0 Å². The topological polar surface area (TPSA) is 113 Å². The van der Waals surface area contributed by atoms with Crippen molar-refractivity contribution in [1.82, 2.24) is 10.2 Å². The fourth-order valence-electron chi connectivity index (χ4n) is 6.71. The van der Waals surface area contributed by atoms with Crippen molar-refractivity contribution in [2.75, 3.05) is 33.9 Å². The largest absolute Gasteiger partial charge is 0.619 e. The number of carbonyl (C=O) groups is 2. The summed E-state index contributed by atoms with van der Waals surface area (Å²) in [7, 11) is 3.01. The monoisotopic (exact) mass is 737 g/mol. The number of ether oxygens (including phenoxy) is 4. The fourth-order valence-corrected chi connectivity index (χ4v) is 7.31. The van der Waals surface area contributed by atoms with E-state index in [1.165, 1.54) is 32.7 Å². The second-order valence-corrected chi connectivity index (χ2v) is 13.5. The number of hydrogen-bond acceptors (Lipinski definition) is 9. The van der Waals surface area contributed by atoms with E-state index in [2.05, 4.69) is 10.2 Å². The lowest BCUT2D eigenvalue weighted by Gasteiger charge is -2.44. The molecule has 0 aliphatic carbocycles. The summed E-state index contributed by atoms with van der Waals surface area (Å²) in [6.07, 6.45) is 3.20. The molecule has 3 fully saturated rings. The van der Waals surface area contributed by atoms with Gasteiger partial charge < -0.3 is 24.2 Å². The number of halogens is 3. The molecule has 1 N–H and O–H groups in total. The molecule has 4 heterocycles. The summed E-state index contributed by atoms with van der Waals surface area (Å²) in [6, 6.07) is 16.9. The van der Waals surface area contributed by atoms with Crippen LogP contribution in [0.15, 0.2) is 79.1 Å². The quantitative estimate of drug-likeness (QED) is 0.0948. The van der Waals surface area contributed by atoms with E-state index in [4.69, 9.17) is 42.1 Å². The van der Waals surface area contributed by atoms with Crippen LogP contribution in [0.2, 0.25) is 10.0 Å². The summed E-state index contributed by atoms with van der Waals surface area (Å²) >= 11 is 12.8. The van der Waals surface area contributed by atoms with E-state index >= 15 is 4.39 Å². The Balaban J connectivity index is 1.21.